The molecule has 1 saturated heterocycles. The second kappa shape index (κ2) is 11.2. The van der Waals surface area contributed by atoms with Crippen LogP contribution in [-0.2, 0) is 11.3 Å². The SMILES string of the molecule is CN(C(=O)c1ccccc1)c1ccc2c(c1)nc(NC(=O)c1ccc(Cl)cc1O)n2CCCN1CCCC1=O. The fourth-order valence-electron chi connectivity index (χ4n) is 4.77. The van der Waals surface area contributed by atoms with Crippen molar-refractivity contribution in [3.8, 4) is 5.75 Å². The minimum atomic E-state index is -0.535. The van der Waals surface area contributed by atoms with Crippen LogP contribution in [0.15, 0.2) is 66.7 Å². The van der Waals surface area contributed by atoms with Gasteiger partial charge in [0, 0.05) is 49.4 Å². The van der Waals surface area contributed by atoms with Crippen molar-refractivity contribution in [3.05, 3.63) is 82.9 Å². The Labute approximate surface area is 230 Å². The van der Waals surface area contributed by atoms with E-state index in [1.807, 2.05) is 39.8 Å². The van der Waals surface area contributed by atoms with Gasteiger partial charge in [-0.2, -0.15) is 0 Å². The van der Waals surface area contributed by atoms with E-state index in [0.717, 1.165) is 18.5 Å². The van der Waals surface area contributed by atoms with Crippen molar-refractivity contribution in [2.24, 2.45) is 0 Å². The van der Waals surface area contributed by atoms with Crippen LogP contribution in [0.5, 0.6) is 5.75 Å². The van der Waals surface area contributed by atoms with Crippen LogP contribution in [0.25, 0.3) is 11.0 Å². The standard InChI is InChI=1S/C29H28ClN5O4/c1-33(28(39)19-7-3-2-4-8-19)21-11-13-24-23(18-21)31-29(32-27(38)22-12-10-20(30)17-25(22)36)35(24)16-6-15-34-14-5-9-26(34)37/h2-4,7-8,10-13,17-18,36H,5-6,9,14-16H2,1H3,(H,31,32,38). The maximum Gasteiger partial charge on any atom is 0.261 e. The average molecular weight is 546 g/mol. The van der Waals surface area contributed by atoms with Crippen molar-refractivity contribution in [2.75, 3.05) is 30.4 Å². The van der Waals surface area contributed by atoms with Crippen molar-refractivity contribution in [3.63, 3.8) is 0 Å². The minimum absolute atomic E-state index is 0.0644. The predicted octanol–water partition coefficient (Wildman–Crippen LogP) is 4.94. The number of nitrogens with one attached hydrogen (secondary N) is 1. The van der Waals surface area contributed by atoms with Crippen molar-refractivity contribution in [1.82, 2.24) is 14.5 Å². The quantitative estimate of drug-likeness (QED) is 0.326. The molecule has 2 heterocycles. The lowest BCUT2D eigenvalue weighted by molar-refractivity contribution is -0.127. The zero-order valence-corrected chi connectivity index (χ0v) is 22.2. The number of carbonyl (C=O) groups excluding carboxylic acids is 3. The highest BCUT2D eigenvalue weighted by Crippen LogP contribution is 2.28. The third-order valence-corrected chi connectivity index (χ3v) is 7.09. The lowest BCUT2D eigenvalue weighted by Crippen LogP contribution is -2.26. The van der Waals surface area contributed by atoms with Crippen molar-refractivity contribution in [2.45, 2.75) is 25.8 Å². The third kappa shape index (κ3) is 5.58. The maximum atomic E-state index is 13.0. The first kappa shape index (κ1) is 26.2. The number of nitrogens with zero attached hydrogens (tertiary/aromatic N) is 4. The molecule has 2 N–H and O–H groups in total. The lowest BCUT2D eigenvalue weighted by Gasteiger charge is -2.18. The van der Waals surface area contributed by atoms with E-state index in [2.05, 4.69) is 10.3 Å². The highest BCUT2D eigenvalue weighted by molar-refractivity contribution is 6.31. The lowest BCUT2D eigenvalue weighted by atomic mass is 10.2. The van der Waals surface area contributed by atoms with Gasteiger partial charge < -0.3 is 19.5 Å². The summed E-state index contributed by atoms with van der Waals surface area (Å²) in [7, 11) is 1.70. The summed E-state index contributed by atoms with van der Waals surface area (Å²) in [6.07, 6.45) is 2.12. The first-order valence-corrected chi connectivity index (χ1v) is 13.1. The van der Waals surface area contributed by atoms with E-state index in [9.17, 15) is 19.5 Å². The van der Waals surface area contributed by atoms with Crippen LogP contribution < -0.4 is 10.2 Å². The number of aromatic hydroxyl groups is 1. The molecular weight excluding hydrogens is 518 g/mol. The number of phenols is 1. The van der Waals surface area contributed by atoms with Crippen LogP contribution in [0, 0.1) is 0 Å². The number of hydrogen-bond donors (Lipinski definition) is 2. The minimum Gasteiger partial charge on any atom is -0.507 e. The molecule has 0 aliphatic carbocycles. The number of carbonyl (C=O) groups is 3. The van der Waals surface area contributed by atoms with Gasteiger partial charge in [0.05, 0.1) is 16.6 Å². The van der Waals surface area contributed by atoms with Crippen molar-refractivity contribution < 1.29 is 19.5 Å². The molecule has 1 fully saturated rings. The summed E-state index contributed by atoms with van der Waals surface area (Å²) in [4.78, 5) is 46.2. The number of fused-ring (bicyclic) bond motifs is 1. The Morgan fingerprint density at radius 2 is 1.87 bits per heavy atom. The highest BCUT2D eigenvalue weighted by Gasteiger charge is 2.22. The van der Waals surface area contributed by atoms with E-state index in [1.54, 1.807) is 30.1 Å². The Bertz CT molecular complexity index is 1550. The molecule has 200 valence electrons. The summed E-state index contributed by atoms with van der Waals surface area (Å²) in [6, 6.07) is 18.8. The number of aryl methyl sites for hydroxylation is 1. The van der Waals surface area contributed by atoms with E-state index < -0.39 is 5.91 Å². The molecule has 1 aliphatic rings. The average Bonchev–Trinajstić information content (AvgIpc) is 3.50. The van der Waals surface area contributed by atoms with E-state index in [1.165, 1.54) is 18.2 Å². The Morgan fingerprint density at radius 3 is 2.59 bits per heavy atom. The van der Waals surface area contributed by atoms with E-state index in [-0.39, 0.29) is 23.1 Å². The molecule has 0 bridgehead atoms. The Kier molecular flexibility index (Phi) is 7.51. The van der Waals surface area contributed by atoms with Gasteiger partial charge in [-0.25, -0.2) is 4.98 Å². The van der Waals surface area contributed by atoms with Crippen LogP contribution in [0.3, 0.4) is 0 Å². The van der Waals surface area contributed by atoms with Crippen LogP contribution in [0.1, 0.15) is 40.0 Å². The fraction of sp³-hybridized carbons (Fsp3) is 0.241. The third-order valence-electron chi connectivity index (χ3n) is 6.86. The smallest absolute Gasteiger partial charge is 0.261 e. The summed E-state index contributed by atoms with van der Waals surface area (Å²) < 4.78 is 1.88. The van der Waals surface area contributed by atoms with Gasteiger partial charge in [0.15, 0.2) is 0 Å². The number of amides is 3. The molecule has 0 spiro atoms. The summed E-state index contributed by atoms with van der Waals surface area (Å²) in [5, 5.41) is 13.4. The molecular formula is C29H28ClN5O4. The van der Waals surface area contributed by atoms with E-state index in [0.29, 0.717) is 53.7 Å². The molecule has 4 aromatic rings. The summed E-state index contributed by atoms with van der Waals surface area (Å²) >= 11 is 5.92. The van der Waals surface area contributed by atoms with Gasteiger partial charge in [-0.1, -0.05) is 29.8 Å². The zero-order valence-electron chi connectivity index (χ0n) is 21.4. The Hall–Kier alpha value is -4.37. The first-order valence-electron chi connectivity index (χ1n) is 12.7. The summed E-state index contributed by atoms with van der Waals surface area (Å²) in [5.41, 5.74) is 2.64. The van der Waals surface area contributed by atoms with Gasteiger partial charge in [-0.3, -0.25) is 19.7 Å². The van der Waals surface area contributed by atoms with Gasteiger partial charge in [0.2, 0.25) is 11.9 Å². The highest BCUT2D eigenvalue weighted by atomic mass is 35.5. The summed E-state index contributed by atoms with van der Waals surface area (Å²) in [6.45, 7) is 1.87. The van der Waals surface area contributed by atoms with Gasteiger partial charge >= 0.3 is 0 Å². The molecule has 0 atom stereocenters. The number of imidazole rings is 1. The number of halogens is 1. The molecule has 3 aromatic carbocycles. The molecule has 10 heteroatoms. The molecule has 1 aromatic heterocycles. The van der Waals surface area contributed by atoms with Gasteiger partial charge in [-0.15, -0.1) is 0 Å². The van der Waals surface area contributed by atoms with Crippen LogP contribution >= 0.6 is 11.6 Å². The monoisotopic (exact) mass is 545 g/mol. The number of anilines is 2. The molecule has 0 unspecified atom stereocenters. The first-order chi connectivity index (χ1) is 18.8. The number of hydrogen-bond acceptors (Lipinski definition) is 5. The number of aromatic nitrogens is 2. The number of likely N-dealkylation sites (tertiary alicyclic amines) is 1. The molecule has 0 radical (unpaired) electrons. The maximum absolute atomic E-state index is 13.0. The molecule has 1 aliphatic heterocycles. The Morgan fingerprint density at radius 1 is 1.08 bits per heavy atom. The zero-order chi connectivity index (χ0) is 27.5. The predicted molar refractivity (Wildman–Crippen MR) is 150 cm³/mol. The van der Waals surface area contributed by atoms with E-state index >= 15 is 0 Å². The summed E-state index contributed by atoms with van der Waals surface area (Å²) in [5.74, 6) is -0.471. The second-order valence-corrected chi connectivity index (χ2v) is 9.88. The molecule has 9 nitrogen and oxygen atoms in total. The van der Waals surface area contributed by atoms with Crippen LogP contribution in [0.2, 0.25) is 5.02 Å². The Balaban J connectivity index is 1.44. The number of rotatable bonds is 8. The topological polar surface area (TPSA) is 108 Å². The van der Waals surface area contributed by atoms with Crippen molar-refractivity contribution >= 4 is 52.0 Å². The number of benzene rings is 3. The van der Waals surface area contributed by atoms with Gasteiger partial charge in [0.1, 0.15) is 5.75 Å². The molecule has 3 amide bonds. The molecule has 39 heavy (non-hydrogen) atoms. The van der Waals surface area contributed by atoms with Crippen LogP contribution in [-0.4, -0.2) is 57.4 Å². The fourth-order valence-corrected chi connectivity index (χ4v) is 4.93. The van der Waals surface area contributed by atoms with Gasteiger partial charge in [0.25, 0.3) is 11.8 Å². The molecule has 0 saturated carbocycles. The van der Waals surface area contributed by atoms with Crippen molar-refractivity contribution in [1.29, 1.82) is 0 Å². The second-order valence-electron chi connectivity index (χ2n) is 9.44. The van der Waals surface area contributed by atoms with E-state index in [4.69, 9.17) is 11.6 Å². The molecule has 5 rings (SSSR count). The normalized spacial score (nSPS) is 13.2. The largest absolute Gasteiger partial charge is 0.507 e. The van der Waals surface area contributed by atoms with Gasteiger partial charge in [-0.05, 0) is 61.4 Å². The number of phenolic OH excluding ortho intramolecular Hbond substituents is 1. The van der Waals surface area contributed by atoms with Crippen LogP contribution in [0.4, 0.5) is 11.6 Å².